The molecular formula is C26H29N2O3+. The predicted molar refractivity (Wildman–Crippen MR) is 125 cm³/mol. The van der Waals surface area contributed by atoms with Crippen molar-refractivity contribution in [3.63, 3.8) is 0 Å². The number of hydrogen-bond acceptors (Lipinski definition) is 3. The Balaban J connectivity index is 2.38. The topological polar surface area (TPSA) is 55.4 Å². The molecule has 1 unspecified atom stereocenters. The Morgan fingerprint density at radius 3 is 2.45 bits per heavy atom. The van der Waals surface area contributed by atoms with Gasteiger partial charge in [0.25, 0.3) is 0 Å². The number of carbonyl (C=O) groups is 2. The molecule has 1 N–H and O–H groups in total. The standard InChI is InChI=1S/C26H28N2O3/c1-4-7-12-19-31-28(6-3,26(30)20-22-14-10-9-11-15-22)24-17-13-16-23(21-24)27-25(29)18-8-5-2/h9-11,13-17,21H,4,6,18-20H2,1-3H3/p+1. The van der Waals surface area contributed by atoms with Crippen molar-refractivity contribution in [2.75, 3.05) is 18.5 Å². The number of rotatable bonds is 8. The van der Waals surface area contributed by atoms with Gasteiger partial charge in [-0.2, -0.15) is 4.84 Å². The van der Waals surface area contributed by atoms with Crippen molar-refractivity contribution < 1.29 is 14.4 Å². The molecule has 0 spiro atoms. The number of benzene rings is 2. The number of amides is 2. The van der Waals surface area contributed by atoms with Crippen LogP contribution in [-0.4, -0.2) is 25.0 Å². The van der Waals surface area contributed by atoms with Crippen LogP contribution >= 0.6 is 0 Å². The van der Waals surface area contributed by atoms with Crippen molar-refractivity contribution >= 4 is 23.2 Å². The fraction of sp³-hybridized carbons (Fsp3) is 0.308. The van der Waals surface area contributed by atoms with Crippen LogP contribution in [0, 0.1) is 23.7 Å². The highest BCUT2D eigenvalue weighted by Gasteiger charge is 2.40. The van der Waals surface area contributed by atoms with Gasteiger partial charge in [-0.1, -0.05) is 59.8 Å². The highest BCUT2D eigenvalue weighted by molar-refractivity contribution is 5.94. The molecule has 0 fully saturated rings. The minimum absolute atomic E-state index is 0.104. The highest BCUT2D eigenvalue weighted by Crippen LogP contribution is 2.28. The van der Waals surface area contributed by atoms with Gasteiger partial charge in [-0.25, -0.2) is 4.79 Å². The first-order valence-corrected chi connectivity index (χ1v) is 10.4. The fourth-order valence-electron chi connectivity index (χ4n) is 3.14. The van der Waals surface area contributed by atoms with Gasteiger partial charge >= 0.3 is 5.91 Å². The molecule has 5 nitrogen and oxygen atoms in total. The summed E-state index contributed by atoms with van der Waals surface area (Å²) in [7, 11) is 0. The van der Waals surface area contributed by atoms with E-state index in [4.69, 9.17) is 4.84 Å². The molecule has 160 valence electrons. The van der Waals surface area contributed by atoms with Crippen LogP contribution in [0.1, 0.15) is 39.2 Å². The maximum atomic E-state index is 13.5. The molecule has 0 bridgehead atoms. The number of hydrogen-bond donors (Lipinski definition) is 1. The Bertz CT molecular complexity index is 1010. The number of anilines is 1. The molecule has 0 saturated carbocycles. The number of nitrogens with one attached hydrogen (secondary N) is 1. The van der Waals surface area contributed by atoms with E-state index in [0.29, 0.717) is 17.9 Å². The lowest BCUT2D eigenvalue weighted by atomic mass is 10.1. The van der Waals surface area contributed by atoms with Gasteiger partial charge in [0.1, 0.15) is 6.54 Å². The molecule has 0 saturated heterocycles. The van der Waals surface area contributed by atoms with Crippen molar-refractivity contribution in [2.45, 2.75) is 40.0 Å². The monoisotopic (exact) mass is 417 g/mol. The van der Waals surface area contributed by atoms with Gasteiger partial charge < -0.3 is 5.32 Å². The number of hydroxylamine groups is 2. The third kappa shape index (κ3) is 6.83. The van der Waals surface area contributed by atoms with Crippen LogP contribution < -0.4 is 9.96 Å². The number of nitrogens with zero attached hydrogens (tertiary/aromatic N) is 1. The molecule has 31 heavy (non-hydrogen) atoms. The molecule has 2 amide bonds. The highest BCUT2D eigenvalue weighted by atomic mass is 16.7. The second kappa shape index (κ2) is 12.3. The van der Waals surface area contributed by atoms with Crippen LogP contribution in [-0.2, 0) is 20.8 Å². The summed E-state index contributed by atoms with van der Waals surface area (Å²) in [6.45, 7) is 6.07. The lowest BCUT2D eigenvalue weighted by Crippen LogP contribution is -2.54. The van der Waals surface area contributed by atoms with Crippen LogP contribution in [0.2, 0.25) is 0 Å². The molecule has 2 aromatic rings. The maximum Gasteiger partial charge on any atom is 0.355 e. The van der Waals surface area contributed by atoms with Crippen molar-refractivity contribution in [1.82, 2.24) is 4.65 Å². The van der Waals surface area contributed by atoms with Crippen LogP contribution in [0.25, 0.3) is 0 Å². The lowest BCUT2D eigenvalue weighted by molar-refractivity contribution is -0.174. The zero-order valence-electron chi connectivity index (χ0n) is 18.4. The summed E-state index contributed by atoms with van der Waals surface area (Å²) in [5, 5.41) is 2.83. The lowest BCUT2D eigenvalue weighted by Gasteiger charge is -2.31. The molecule has 0 aliphatic rings. The first kappa shape index (κ1) is 23.9. The Morgan fingerprint density at radius 1 is 1.00 bits per heavy atom. The third-order valence-corrected chi connectivity index (χ3v) is 4.68. The van der Waals surface area contributed by atoms with Crippen molar-refractivity contribution in [1.29, 1.82) is 0 Å². The van der Waals surface area contributed by atoms with E-state index in [1.807, 2.05) is 50.2 Å². The second-order valence-electron chi connectivity index (χ2n) is 6.79. The molecule has 1 atom stereocenters. The predicted octanol–water partition coefficient (Wildman–Crippen LogP) is 4.48. The van der Waals surface area contributed by atoms with E-state index in [2.05, 4.69) is 29.0 Å². The van der Waals surface area contributed by atoms with Gasteiger partial charge in [-0.05, 0) is 25.5 Å². The Morgan fingerprint density at radius 2 is 1.77 bits per heavy atom. The molecule has 2 aromatic carbocycles. The SMILES string of the molecule is CC#CCC(=O)Nc1cccc([N+](CC)(OCC#CCC)C(=O)Cc2ccccc2)c1. The zero-order valence-corrected chi connectivity index (χ0v) is 18.4. The van der Waals surface area contributed by atoms with Gasteiger partial charge in [0.15, 0.2) is 12.3 Å². The van der Waals surface area contributed by atoms with Gasteiger partial charge in [0, 0.05) is 24.2 Å². The van der Waals surface area contributed by atoms with Crippen molar-refractivity contribution in [3.8, 4) is 23.7 Å². The second-order valence-corrected chi connectivity index (χ2v) is 6.79. The first-order valence-electron chi connectivity index (χ1n) is 10.4. The molecule has 2 rings (SSSR count). The van der Waals surface area contributed by atoms with E-state index in [0.717, 1.165) is 12.0 Å². The van der Waals surface area contributed by atoms with Crippen LogP contribution in [0.5, 0.6) is 0 Å². The molecule has 0 aromatic heterocycles. The Hall–Kier alpha value is -3.38. The molecule has 0 radical (unpaired) electrons. The van der Waals surface area contributed by atoms with E-state index in [1.54, 1.807) is 25.1 Å². The number of carbonyl (C=O) groups excluding carboxylic acids is 2. The molecular weight excluding hydrogens is 388 g/mol. The smallest absolute Gasteiger partial charge is 0.325 e. The number of likely N-dealkylation sites (N-methyl/N-ethyl adjacent to an activating group) is 1. The van der Waals surface area contributed by atoms with Gasteiger partial charge in [0.05, 0.1) is 12.8 Å². The van der Waals surface area contributed by atoms with E-state index < -0.39 is 0 Å². The summed E-state index contributed by atoms with van der Waals surface area (Å²) >= 11 is 0. The zero-order chi connectivity index (χ0) is 22.5. The summed E-state index contributed by atoms with van der Waals surface area (Å²) < 4.78 is -0.314. The molecule has 0 aliphatic heterocycles. The largest absolute Gasteiger partial charge is 0.355 e. The third-order valence-electron chi connectivity index (χ3n) is 4.68. The van der Waals surface area contributed by atoms with Crippen LogP contribution in [0.3, 0.4) is 0 Å². The van der Waals surface area contributed by atoms with Gasteiger partial charge in [0.2, 0.25) is 5.91 Å². The summed E-state index contributed by atoms with van der Waals surface area (Å²) in [6.07, 6.45) is 1.05. The summed E-state index contributed by atoms with van der Waals surface area (Å²) in [4.78, 5) is 31.7. The molecule has 0 aliphatic carbocycles. The average Bonchev–Trinajstić information content (AvgIpc) is 2.79. The minimum atomic E-state index is -0.314. The normalized spacial score (nSPS) is 11.8. The van der Waals surface area contributed by atoms with E-state index in [1.165, 1.54) is 0 Å². The fourth-order valence-corrected chi connectivity index (χ4v) is 3.14. The minimum Gasteiger partial charge on any atom is -0.325 e. The summed E-state index contributed by atoms with van der Waals surface area (Å²) in [6, 6.07) is 16.8. The molecule has 0 heterocycles. The Kier molecular flexibility index (Phi) is 9.52. The van der Waals surface area contributed by atoms with Crippen molar-refractivity contribution in [3.05, 3.63) is 60.2 Å². The quantitative estimate of drug-likeness (QED) is 0.391. The average molecular weight is 418 g/mol. The van der Waals surface area contributed by atoms with Crippen LogP contribution in [0.15, 0.2) is 54.6 Å². The Labute approximate surface area is 185 Å². The van der Waals surface area contributed by atoms with Gasteiger partial charge in [-0.15, -0.1) is 11.8 Å². The van der Waals surface area contributed by atoms with E-state index in [-0.39, 0.29) is 35.9 Å². The maximum absolute atomic E-state index is 13.5. The summed E-state index contributed by atoms with van der Waals surface area (Å²) in [5.41, 5.74) is 2.14. The van der Waals surface area contributed by atoms with Crippen molar-refractivity contribution in [2.24, 2.45) is 0 Å². The molecule has 5 heteroatoms. The van der Waals surface area contributed by atoms with E-state index in [9.17, 15) is 9.59 Å². The summed E-state index contributed by atoms with van der Waals surface area (Å²) in [5.74, 6) is 11.1. The van der Waals surface area contributed by atoms with Gasteiger partial charge in [-0.3, -0.25) is 4.79 Å². The van der Waals surface area contributed by atoms with Crippen LogP contribution in [0.4, 0.5) is 11.4 Å². The number of quaternary nitrogens is 1. The van der Waals surface area contributed by atoms with E-state index >= 15 is 0 Å². The first-order chi connectivity index (χ1) is 15.1.